The van der Waals surface area contributed by atoms with Crippen LogP contribution in [0.4, 0.5) is 0 Å². The van der Waals surface area contributed by atoms with Crippen LogP contribution in [0.3, 0.4) is 0 Å². The van der Waals surface area contributed by atoms with Crippen molar-refractivity contribution in [2.24, 2.45) is 5.41 Å². The number of ether oxygens (including phenoxy) is 1. The van der Waals surface area contributed by atoms with Gasteiger partial charge >= 0.3 is 0 Å². The Balaban J connectivity index is 1.96. The SMILES string of the molecule is CC(C)(C)CCC1NCCOC12CCCSC2. The van der Waals surface area contributed by atoms with Gasteiger partial charge < -0.3 is 10.1 Å². The van der Waals surface area contributed by atoms with Gasteiger partial charge in [-0.05, 0) is 36.9 Å². The van der Waals surface area contributed by atoms with Crippen molar-refractivity contribution in [3.8, 4) is 0 Å². The molecule has 17 heavy (non-hydrogen) atoms. The average Bonchev–Trinajstić information content (AvgIpc) is 2.28. The smallest absolute Gasteiger partial charge is 0.0925 e. The molecular formula is C14H27NOS. The number of thioether (sulfide) groups is 1. The highest BCUT2D eigenvalue weighted by atomic mass is 32.2. The molecule has 1 spiro atoms. The first kappa shape index (κ1) is 13.7. The summed E-state index contributed by atoms with van der Waals surface area (Å²) in [6, 6.07) is 0.572. The fourth-order valence-electron chi connectivity index (χ4n) is 2.90. The molecule has 2 rings (SSSR count). The maximum atomic E-state index is 6.20. The predicted molar refractivity (Wildman–Crippen MR) is 75.7 cm³/mol. The van der Waals surface area contributed by atoms with E-state index in [1.807, 2.05) is 0 Å². The maximum Gasteiger partial charge on any atom is 0.0925 e. The zero-order valence-electron chi connectivity index (χ0n) is 11.6. The zero-order chi connectivity index (χ0) is 12.4. The second-order valence-electron chi connectivity index (χ2n) is 6.68. The van der Waals surface area contributed by atoms with Crippen LogP contribution >= 0.6 is 11.8 Å². The molecule has 0 aromatic heterocycles. The molecule has 0 aromatic carbocycles. The van der Waals surface area contributed by atoms with Crippen molar-refractivity contribution in [3.05, 3.63) is 0 Å². The first-order valence-corrected chi connectivity index (χ1v) is 8.12. The third kappa shape index (κ3) is 3.62. The van der Waals surface area contributed by atoms with Crippen molar-refractivity contribution >= 4 is 11.8 Å². The maximum absolute atomic E-state index is 6.20. The molecule has 2 fully saturated rings. The van der Waals surface area contributed by atoms with Crippen molar-refractivity contribution in [1.29, 1.82) is 0 Å². The molecule has 0 bridgehead atoms. The monoisotopic (exact) mass is 257 g/mol. The van der Waals surface area contributed by atoms with Gasteiger partial charge in [0.15, 0.2) is 0 Å². The number of morpholine rings is 1. The van der Waals surface area contributed by atoms with Crippen LogP contribution in [0.2, 0.25) is 0 Å². The highest BCUT2D eigenvalue weighted by molar-refractivity contribution is 7.99. The van der Waals surface area contributed by atoms with Gasteiger partial charge in [-0.2, -0.15) is 11.8 Å². The van der Waals surface area contributed by atoms with Crippen molar-refractivity contribution < 1.29 is 4.74 Å². The van der Waals surface area contributed by atoms with Gasteiger partial charge in [0.05, 0.1) is 12.2 Å². The summed E-state index contributed by atoms with van der Waals surface area (Å²) in [6.07, 6.45) is 5.10. The van der Waals surface area contributed by atoms with Gasteiger partial charge in [0.25, 0.3) is 0 Å². The van der Waals surface area contributed by atoms with Crippen LogP contribution < -0.4 is 5.32 Å². The Morgan fingerprint density at radius 2 is 2.24 bits per heavy atom. The van der Waals surface area contributed by atoms with E-state index in [0.717, 1.165) is 13.2 Å². The number of nitrogens with one attached hydrogen (secondary N) is 1. The van der Waals surface area contributed by atoms with E-state index in [-0.39, 0.29) is 5.60 Å². The van der Waals surface area contributed by atoms with Gasteiger partial charge in [0.2, 0.25) is 0 Å². The first-order chi connectivity index (χ1) is 8.02. The third-order valence-corrected chi connectivity index (χ3v) is 5.21. The highest BCUT2D eigenvalue weighted by Crippen LogP contribution is 2.37. The summed E-state index contributed by atoms with van der Waals surface area (Å²) in [4.78, 5) is 0. The van der Waals surface area contributed by atoms with E-state index in [4.69, 9.17) is 4.74 Å². The molecule has 2 saturated heterocycles. The molecule has 0 aromatic rings. The summed E-state index contributed by atoms with van der Waals surface area (Å²) in [5.74, 6) is 2.51. The molecule has 0 aliphatic carbocycles. The van der Waals surface area contributed by atoms with E-state index in [1.54, 1.807) is 0 Å². The molecule has 0 radical (unpaired) electrons. The highest BCUT2D eigenvalue weighted by Gasteiger charge is 2.43. The van der Waals surface area contributed by atoms with Gasteiger partial charge in [-0.15, -0.1) is 0 Å². The summed E-state index contributed by atoms with van der Waals surface area (Å²) in [5.41, 5.74) is 0.578. The third-order valence-electron chi connectivity index (χ3n) is 3.94. The predicted octanol–water partition coefficient (Wildman–Crippen LogP) is 3.07. The van der Waals surface area contributed by atoms with Crippen LogP contribution in [0.25, 0.3) is 0 Å². The number of rotatable bonds is 2. The largest absolute Gasteiger partial charge is 0.371 e. The summed E-state index contributed by atoms with van der Waals surface area (Å²) < 4.78 is 6.20. The van der Waals surface area contributed by atoms with Gasteiger partial charge in [-0.1, -0.05) is 20.8 Å². The quantitative estimate of drug-likeness (QED) is 0.821. The van der Waals surface area contributed by atoms with Crippen molar-refractivity contribution in [1.82, 2.24) is 5.32 Å². The Labute approximate surface area is 110 Å². The lowest BCUT2D eigenvalue weighted by Crippen LogP contribution is -2.60. The zero-order valence-corrected chi connectivity index (χ0v) is 12.4. The Morgan fingerprint density at radius 1 is 1.41 bits per heavy atom. The molecule has 1 N–H and O–H groups in total. The van der Waals surface area contributed by atoms with Crippen LogP contribution in [-0.4, -0.2) is 36.3 Å². The Kier molecular flexibility index (Phi) is 4.43. The lowest BCUT2D eigenvalue weighted by Gasteiger charge is -2.47. The fraction of sp³-hybridized carbons (Fsp3) is 1.00. The van der Waals surface area contributed by atoms with E-state index in [2.05, 4.69) is 37.8 Å². The van der Waals surface area contributed by atoms with Crippen molar-refractivity contribution in [2.45, 2.75) is 58.1 Å². The van der Waals surface area contributed by atoms with E-state index >= 15 is 0 Å². The molecule has 2 nitrogen and oxygen atoms in total. The van der Waals surface area contributed by atoms with Crippen LogP contribution in [0.1, 0.15) is 46.5 Å². The summed E-state index contributed by atoms with van der Waals surface area (Å²) in [7, 11) is 0. The Morgan fingerprint density at radius 3 is 2.88 bits per heavy atom. The standard InChI is InChI=1S/C14H27NOS/c1-13(2,3)7-5-12-14(16-9-8-15-12)6-4-10-17-11-14/h12,15H,4-11H2,1-3H3. The summed E-state index contributed by atoms with van der Waals surface area (Å²) >= 11 is 2.07. The van der Waals surface area contributed by atoms with Crippen molar-refractivity contribution in [2.75, 3.05) is 24.7 Å². The number of hydrogen-bond acceptors (Lipinski definition) is 3. The summed E-state index contributed by atoms with van der Waals surface area (Å²) in [5, 5.41) is 3.71. The van der Waals surface area contributed by atoms with Crippen LogP contribution in [-0.2, 0) is 4.74 Å². The molecule has 2 aliphatic rings. The molecule has 100 valence electrons. The van der Waals surface area contributed by atoms with Gasteiger partial charge in [-0.3, -0.25) is 0 Å². The van der Waals surface area contributed by atoms with E-state index in [9.17, 15) is 0 Å². The van der Waals surface area contributed by atoms with Crippen LogP contribution in [0, 0.1) is 5.41 Å². The molecule has 2 heterocycles. The van der Waals surface area contributed by atoms with Gasteiger partial charge in [-0.25, -0.2) is 0 Å². The van der Waals surface area contributed by atoms with Gasteiger partial charge in [0, 0.05) is 18.3 Å². The lowest BCUT2D eigenvalue weighted by molar-refractivity contribution is -0.0907. The molecule has 3 heteroatoms. The minimum atomic E-state index is 0.145. The second kappa shape index (κ2) is 5.50. The molecule has 0 amide bonds. The van der Waals surface area contributed by atoms with Crippen LogP contribution in [0.5, 0.6) is 0 Å². The molecule has 2 unspecified atom stereocenters. The van der Waals surface area contributed by atoms with E-state index in [0.29, 0.717) is 11.5 Å². The van der Waals surface area contributed by atoms with E-state index < -0.39 is 0 Å². The minimum Gasteiger partial charge on any atom is -0.371 e. The Hall–Kier alpha value is 0.270. The molecular weight excluding hydrogens is 230 g/mol. The normalized spacial score (nSPS) is 35.1. The minimum absolute atomic E-state index is 0.145. The summed E-state index contributed by atoms with van der Waals surface area (Å²) in [6.45, 7) is 8.92. The average molecular weight is 257 g/mol. The molecule has 0 saturated carbocycles. The number of hydrogen-bond donors (Lipinski definition) is 1. The second-order valence-corrected chi connectivity index (χ2v) is 7.78. The topological polar surface area (TPSA) is 21.3 Å². The van der Waals surface area contributed by atoms with E-state index in [1.165, 1.54) is 37.2 Å². The molecule has 2 aliphatic heterocycles. The van der Waals surface area contributed by atoms with Gasteiger partial charge in [0.1, 0.15) is 0 Å². The first-order valence-electron chi connectivity index (χ1n) is 6.97. The molecule has 2 atom stereocenters. The Bertz CT molecular complexity index is 235. The fourth-order valence-corrected chi connectivity index (χ4v) is 4.16. The lowest BCUT2D eigenvalue weighted by atomic mass is 9.81. The van der Waals surface area contributed by atoms with Crippen LogP contribution in [0.15, 0.2) is 0 Å². The van der Waals surface area contributed by atoms with Crippen molar-refractivity contribution in [3.63, 3.8) is 0 Å².